The van der Waals surface area contributed by atoms with Crippen LogP contribution in [-0.4, -0.2) is 15.0 Å². The Morgan fingerprint density at radius 2 is 2.06 bits per heavy atom. The van der Waals surface area contributed by atoms with Crippen LogP contribution >= 0.6 is 0 Å². The van der Waals surface area contributed by atoms with E-state index in [0.29, 0.717) is 12.4 Å². The topological polar surface area (TPSA) is 69.4 Å². The van der Waals surface area contributed by atoms with Crippen molar-refractivity contribution in [3.63, 3.8) is 0 Å². The van der Waals surface area contributed by atoms with Crippen molar-refractivity contribution in [3.05, 3.63) is 35.9 Å². The lowest BCUT2D eigenvalue weighted by Gasteiger charge is -2.14. The summed E-state index contributed by atoms with van der Waals surface area (Å²) in [5.41, 5.74) is 0.839. The third kappa shape index (κ3) is 3.85. The second kappa shape index (κ2) is 6.02. The Balaban J connectivity index is 3.13. The van der Waals surface area contributed by atoms with Crippen molar-refractivity contribution in [2.24, 2.45) is 5.14 Å². The zero-order chi connectivity index (χ0) is 13.8. The van der Waals surface area contributed by atoms with Gasteiger partial charge in [-0.25, -0.2) is 13.6 Å². The molecule has 0 atom stereocenters. The lowest BCUT2D eigenvalue weighted by atomic mass is 10.0. The van der Waals surface area contributed by atoms with Gasteiger partial charge in [0.15, 0.2) is 0 Å². The summed E-state index contributed by atoms with van der Waals surface area (Å²) >= 11 is 0. The Labute approximate surface area is 109 Å². The fourth-order valence-corrected chi connectivity index (χ4v) is 2.07. The molecule has 0 heterocycles. The zero-order valence-corrected chi connectivity index (χ0v) is 11.7. The molecule has 0 fully saturated rings. The SMILES string of the molecule is C/C=C/COc1ccc(S(N)(=O)=O)cc1C(C)C. The Kier molecular flexibility index (Phi) is 4.93. The number of allylic oxidation sites excluding steroid dienone is 1. The summed E-state index contributed by atoms with van der Waals surface area (Å²) in [6.07, 6.45) is 3.78. The zero-order valence-electron chi connectivity index (χ0n) is 10.9. The smallest absolute Gasteiger partial charge is 0.238 e. The van der Waals surface area contributed by atoms with Crippen LogP contribution in [0.1, 0.15) is 32.3 Å². The van der Waals surface area contributed by atoms with E-state index in [4.69, 9.17) is 9.88 Å². The first-order valence-electron chi connectivity index (χ1n) is 5.77. The van der Waals surface area contributed by atoms with Gasteiger partial charge in [-0.1, -0.05) is 26.0 Å². The maximum Gasteiger partial charge on any atom is 0.238 e. The Bertz CT molecular complexity index is 533. The first-order chi connectivity index (χ1) is 8.36. The maximum absolute atomic E-state index is 11.3. The number of ether oxygens (including phenoxy) is 1. The average molecular weight is 269 g/mol. The van der Waals surface area contributed by atoms with Gasteiger partial charge in [0.2, 0.25) is 10.0 Å². The summed E-state index contributed by atoms with van der Waals surface area (Å²) in [5.74, 6) is 0.850. The van der Waals surface area contributed by atoms with E-state index in [2.05, 4.69) is 0 Å². The Morgan fingerprint density at radius 3 is 2.56 bits per heavy atom. The van der Waals surface area contributed by atoms with Crippen LogP contribution in [0.5, 0.6) is 5.75 Å². The number of rotatable bonds is 5. The molecule has 0 unspecified atom stereocenters. The summed E-state index contributed by atoms with van der Waals surface area (Å²) < 4.78 is 28.2. The van der Waals surface area contributed by atoms with Crippen LogP contribution in [0.4, 0.5) is 0 Å². The molecule has 2 N–H and O–H groups in total. The molecule has 0 amide bonds. The summed E-state index contributed by atoms with van der Waals surface area (Å²) in [5, 5.41) is 5.12. The molecule has 0 saturated carbocycles. The fourth-order valence-electron chi connectivity index (χ4n) is 1.52. The Morgan fingerprint density at radius 1 is 1.39 bits per heavy atom. The Hall–Kier alpha value is -1.33. The maximum atomic E-state index is 11.3. The van der Waals surface area contributed by atoms with Gasteiger partial charge in [0.1, 0.15) is 12.4 Å². The van der Waals surface area contributed by atoms with Crippen LogP contribution in [0, 0.1) is 0 Å². The third-order valence-corrected chi connectivity index (χ3v) is 3.41. The van der Waals surface area contributed by atoms with Crippen molar-refractivity contribution in [3.8, 4) is 5.75 Å². The van der Waals surface area contributed by atoms with E-state index in [1.54, 1.807) is 12.1 Å². The van der Waals surface area contributed by atoms with E-state index >= 15 is 0 Å². The molecule has 1 rings (SSSR count). The minimum Gasteiger partial charge on any atom is -0.489 e. The number of benzene rings is 1. The second-order valence-corrected chi connectivity index (χ2v) is 5.84. The molecule has 100 valence electrons. The molecule has 1 aromatic rings. The molecule has 0 spiro atoms. The van der Waals surface area contributed by atoms with Gasteiger partial charge in [-0.3, -0.25) is 0 Å². The lowest BCUT2D eigenvalue weighted by molar-refractivity contribution is 0.356. The molecular weight excluding hydrogens is 250 g/mol. The number of sulfonamides is 1. The molecule has 18 heavy (non-hydrogen) atoms. The highest BCUT2D eigenvalue weighted by atomic mass is 32.2. The second-order valence-electron chi connectivity index (χ2n) is 4.28. The van der Waals surface area contributed by atoms with Crippen molar-refractivity contribution >= 4 is 10.0 Å². The predicted molar refractivity (Wildman–Crippen MR) is 72.2 cm³/mol. The largest absolute Gasteiger partial charge is 0.489 e. The lowest BCUT2D eigenvalue weighted by Crippen LogP contribution is -2.13. The van der Waals surface area contributed by atoms with E-state index in [-0.39, 0.29) is 10.8 Å². The van der Waals surface area contributed by atoms with Crippen molar-refractivity contribution in [2.45, 2.75) is 31.6 Å². The van der Waals surface area contributed by atoms with Gasteiger partial charge >= 0.3 is 0 Å². The van der Waals surface area contributed by atoms with Gasteiger partial charge in [0, 0.05) is 0 Å². The quantitative estimate of drug-likeness (QED) is 0.834. The fraction of sp³-hybridized carbons (Fsp3) is 0.385. The molecule has 4 nitrogen and oxygen atoms in total. The van der Waals surface area contributed by atoms with Gasteiger partial charge in [-0.2, -0.15) is 0 Å². The molecule has 0 aliphatic carbocycles. The predicted octanol–water partition coefficient (Wildman–Crippen LogP) is 2.41. The molecule has 0 aliphatic rings. The summed E-state index contributed by atoms with van der Waals surface area (Å²) in [4.78, 5) is 0.115. The number of hydrogen-bond donors (Lipinski definition) is 1. The normalized spacial score (nSPS) is 12.3. The molecule has 0 saturated heterocycles. The highest BCUT2D eigenvalue weighted by molar-refractivity contribution is 7.89. The van der Waals surface area contributed by atoms with E-state index in [0.717, 1.165) is 5.56 Å². The van der Waals surface area contributed by atoms with Crippen LogP contribution in [0.25, 0.3) is 0 Å². The van der Waals surface area contributed by atoms with Crippen LogP contribution < -0.4 is 9.88 Å². The highest BCUT2D eigenvalue weighted by Gasteiger charge is 2.14. The number of primary sulfonamides is 1. The van der Waals surface area contributed by atoms with Gasteiger partial charge in [0.25, 0.3) is 0 Å². The molecule has 0 radical (unpaired) electrons. The molecule has 1 aromatic carbocycles. The molecule has 0 bridgehead atoms. The average Bonchev–Trinajstić information content (AvgIpc) is 2.28. The summed E-state index contributed by atoms with van der Waals surface area (Å²) in [7, 11) is -3.67. The molecule has 5 heteroatoms. The number of nitrogens with two attached hydrogens (primary N) is 1. The molecule has 0 aliphatic heterocycles. The van der Waals surface area contributed by atoms with Crippen molar-refractivity contribution in [2.75, 3.05) is 6.61 Å². The van der Waals surface area contributed by atoms with E-state index in [1.807, 2.05) is 32.9 Å². The highest BCUT2D eigenvalue weighted by Crippen LogP contribution is 2.28. The van der Waals surface area contributed by atoms with Crippen LogP contribution in [-0.2, 0) is 10.0 Å². The van der Waals surface area contributed by atoms with E-state index < -0.39 is 10.0 Å². The number of hydrogen-bond acceptors (Lipinski definition) is 3. The van der Waals surface area contributed by atoms with E-state index in [9.17, 15) is 8.42 Å². The van der Waals surface area contributed by atoms with Gasteiger partial charge in [-0.05, 0) is 36.6 Å². The molecule has 0 aromatic heterocycles. The van der Waals surface area contributed by atoms with Gasteiger partial charge in [0.05, 0.1) is 4.90 Å². The van der Waals surface area contributed by atoms with Crippen LogP contribution in [0.3, 0.4) is 0 Å². The first kappa shape index (κ1) is 14.7. The minimum atomic E-state index is -3.67. The minimum absolute atomic E-state index is 0.115. The summed E-state index contributed by atoms with van der Waals surface area (Å²) in [6.45, 7) is 6.33. The van der Waals surface area contributed by atoms with Crippen molar-refractivity contribution in [1.29, 1.82) is 0 Å². The van der Waals surface area contributed by atoms with Gasteiger partial charge in [-0.15, -0.1) is 0 Å². The monoisotopic (exact) mass is 269 g/mol. The van der Waals surface area contributed by atoms with Gasteiger partial charge < -0.3 is 4.74 Å². The van der Waals surface area contributed by atoms with E-state index in [1.165, 1.54) is 6.07 Å². The molecular formula is C13H19NO3S. The van der Waals surface area contributed by atoms with Crippen molar-refractivity contribution < 1.29 is 13.2 Å². The third-order valence-electron chi connectivity index (χ3n) is 2.50. The van der Waals surface area contributed by atoms with Crippen LogP contribution in [0.15, 0.2) is 35.2 Å². The van der Waals surface area contributed by atoms with Crippen molar-refractivity contribution in [1.82, 2.24) is 0 Å². The van der Waals surface area contributed by atoms with Crippen LogP contribution in [0.2, 0.25) is 0 Å². The summed E-state index contributed by atoms with van der Waals surface area (Å²) in [6, 6.07) is 4.69. The standard InChI is InChI=1S/C13H19NO3S/c1-4-5-8-17-13-7-6-11(18(14,15)16)9-12(13)10(2)3/h4-7,9-10H,8H2,1-3H3,(H2,14,15,16)/b5-4+. The first-order valence-corrected chi connectivity index (χ1v) is 7.31.